The Hall–Kier alpha value is -1.20. The van der Waals surface area contributed by atoms with Crippen molar-refractivity contribution in [1.82, 2.24) is 9.78 Å². The first-order chi connectivity index (χ1) is 9.11. The van der Waals surface area contributed by atoms with Crippen LogP contribution >= 0.6 is 0 Å². The topological polar surface area (TPSA) is 29.9 Å². The van der Waals surface area contributed by atoms with E-state index in [0.717, 1.165) is 17.1 Å². The molecule has 1 N–H and O–H groups in total. The summed E-state index contributed by atoms with van der Waals surface area (Å²) in [6, 6.07) is 0.268. The lowest BCUT2D eigenvalue weighted by Crippen LogP contribution is -2.17. The summed E-state index contributed by atoms with van der Waals surface area (Å²) in [5.74, 6) is 0. The largest absolute Gasteiger partial charge is 0.389 e. The molecule has 1 aromatic heterocycles. The minimum absolute atomic E-state index is 0.000405. The number of hydrogen-bond acceptors (Lipinski definition) is 2. The zero-order valence-corrected chi connectivity index (χ0v) is 12.8. The van der Waals surface area contributed by atoms with Gasteiger partial charge in [-0.25, -0.2) is 0 Å². The highest BCUT2D eigenvalue weighted by molar-refractivity contribution is 5.52. The number of nitrogens with one attached hydrogen (secondary N) is 1. The first-order valence-corrected chi connectivity index (χ1v) is 7.00. The van der Waals surface area contributed by atoms with Gasteiger partial charge in [-0.15, -0.1) is 0 Å². The first kappa shape index (κ1) is 16.9. The van der Waals surface area contributed by atoms with E-state index in [2.05, 4.69) is 24.3 Å². The lowest BCUT2D eigenvalue weighted by molar-refractivity contribution is -0.135. The van der Waals surface area contributed by atoms with Crippen molar-refractivity contribution in [2.45, 2.75) is 72.1 Å². The molecule has 0 saturated carbocycles. The van der Waals surface area contributed by atoms with Crippen LogP contribution < -0.4 is 5.32 Å². The van der Waals surface area contributed by atoms with Gasteiger partial charge in [-0.05, 0) is 47.5 Å². The Morgan fingerprint density at radius 1 is 1.20 bits per heavy atom. The number of aromatic nitrogens is 2. The smallest absolute Gasteiger partial charge is 0.380 e. The first-order valence-electron chi connectivity index (χ1n) is 7.00. The fourth-order valence-corrected chi connectivity index (χ4v) is 2.30. The second kappa shape index (κ2) is 6.50. The normalized spacial score (nSPS) is 13.8. The van der Waals surface area contributed by atoms with Gasteiger partial charge in [0.15, 0.2) is 0 Å². The van der Waals surface area contributed by atoms with Gasteiger partial charge in [0.25, 0.3) is 0 Å². The van der Waals surface area contributed by atoms with E-state index < -0.39 is 12.6 Å². The number of hydrogen-bond donors (Lipinski definition) is 1. The van der Waals surface area contributed by atoms with Crippen LogP contribution in [-0.2, 0) is 0 Å². The number of rotatable bonds is 6. The maximum Gasteiger partial charge on any atom is 0.389 e. The van der Waals surface area contributed by atoms with E-state index in [-0.39, 0.29) is 18.5 Å². The van der Waals surface area contributed by atoms with Gasteiger partial charge in [-0.3, -0.25) is 4.68 Å². The van der Waals surface area contributed by atoms with Gasteiger partial charge in [0.2, 0.25) is 0 Å². The number of nitrogens with zero attached hydrogens (tertiary/aromatic N) is 2. The maximum atomic E-state index is 12.1. The number of anilines is 1. The molecule has 20 heavy (non-hydrogen) atoms. The average Bonchev–Trinajstić information content (AvgIpc) is 2.55. The van der Waals surface area contributed by atoms with E-state index in [1.165, 1.54) is 0 Å². The standard InChI is InChI=1S/C14H24F3N3/c1-9(2)20-12(5)13(11(4)19-20)18-10(3)7-6-8-14(15,16)17/h9-10,18H,6-8H2,1-5H3. The molecule has 0 aliphatic carbocycles. The summed E-state index contributed by atoms with van der Waals surface area (Å²) in [6.07, 6.45) is -4.14. The van der Waals surface area contributed by atoms with Gasteiger partial charge < -0.3 is 5.32 Å². The zero-order valence-electron chi connectivity index (χ0n) is 12.8. The van der Waals surface area contributed by atoms with Crippen LogP contribution in [0.5, 0.6) is 0 Å². The molecule has 0 spiro atoms. The van der Waals surface area contributed by atoms with Crippen LogP contribution in [-0.4, -0.2) is 22.0 Å². The van der Waals surface area contributed by atoms with Gasteiger partial charge in [-0.2, -0.15) is 18.3 Å². The Bertz CT molecular complexity index is 436. The van der Waals surface area contributed by atoms with Crippen molar-refractivity contribution in [3.8, 4) is 0 Å². The van der Waals surface area contributed by atoms with Crippen LogP contribution in [0.25, 0.3) is 0 Å². The summed E-state index contributed by atoms with van der Waals surface area (Å²) in [5, 5.41) is 7.75. The SMILES string of the molecule is Cc1nn(C(C)C)c(C)c1NC(C)CCCC(F)(F)F. The molecule has 3 nitrogen and oxygen atoms in total. The minimum Gasteiger partial charge on any atom is -0.380 e. The van der Waals surface area contributed by atoms with Crippen molar-refractivity contribution in [1.29, 1.82) is 0 Å². The molecule has 6 heteroatoms. The maximum absolute atomic E-state index is 12.1. The van der Waals surface area contributed by atoms with E-state index in [9.17, 15) is 13.2 Å². The minimum atomic E-state index is -4.06. The molecule has 1 aromatic rings. The van der Waals surface area contributed by atoms with Crippen LogP contribution in [0.3, 0.4) is 0 Å². The monoisotopic (exact) mass is 291 g/mol. The molecular weight excluding hydrogens is 267 g/mol. The molecule has 0 aromatic carbocycles. The van der Waals surface area contributed by atoms with Crippen LogP contribution in [0.4, 0.5) is 18.9 Å². The van der Waals surface area contributed by atoms with Crippen LogP contribution in [0, 0.1) is 13.8 Å². The summed E-state index contributed by atoms with van der Waals surface area (Å²) in [5.41, 5.74) is 2.86. The molecule has 0 aliphatic heterocycles. The molecule has 0 radical (unpaired) electrons. The lowest BCUT2D eigenvalue weighted by Gasteiger charge is -2.16. The second-order valence-electron chi connectivity index (χ2n) is 5.64. The Morgan fingerprint density at radius 3 is 2.25 bits per heavy atom. The van der Waals surface area contributed by atoms with Gasteiger partial charge >= 0.3 is 6.18 Å². The summed E-state index contributed by atoms with van der Waals surface area (Å²) in [4.78, 5) is 0. The summed E-state index contributed by atoms with van der Waals surface area (Å²) in [6.45, 7) is 9.90. The van der Waals surface area contributed by atoms with E-state index in [1.807, 2.05) is 25.5 Å². The Balaban J connectivity index is 2.60. The van der Waals surface area contributed by atoms with Gasteiger partial charge in [0.05, 0.1) is 17.1 Å². The van der Waals surface area contributed by atoms with Crippen molar-refractivity contribution in [2.75, 3.05) is 5.32 Å². The molecule has 0 saturated heterocycles. The third-order valence-electron chi connectivity index (χ3n) is 3.30. The average molecular weight is 291 g/mol. The third-order valence-corrected chi connectivity index (χ3v) is 3.30. The molecule has 1 heterocycles. The number of alkyl halides is 3. The molecular formula is C14H24F3N3. The quantitative estimate of drug-likeness (QED) is 0.829. The molecule has 1 unspecified atom stereocenters. The Labute approximate surface area is 118 Å². The fourth-order valence-electron chi connectivity index (χ4n) is 2.30. The summed E-state index contributed by atoms with van der Waals surface area (Å²) in [7, 11) is 0. The third kappa shape index (κ3) is 4.72. The van der Waals surface area contributed by atoms with E-state index in [4.69, 9.17) is 0 Å². The Kier molecular flexibility index (Phi) is 5.48. The predicted molar refractivity (Wildman–Crippen MR) is 75.1 cm³/mol. The number of halogens is 3. The van der Waals surface area contributed by atoms with E-state index in [1.54, 1.807) is 0 Å². The zero-order chi connectivity index (χ0) is 15.5. The van der Waals surface area contributed by atoms with Crippen molar-refractivity contribution >= 4 is 5.69 Å². The van der Waals surface area contributed by atoms with Crippen molar-refractivity contribution in [3.05, 3.63) is 11.4 Å². The van der Waals surface area contributed by atoms with E-state index >= 15 is 0 Å². The molecule has 0 aliphatic rings. The summed E-state index contributed by atoms with van der Waals surface area (Å²) < 4.78 is 38.3. The molecule has 0 amide bonds. The molecule has 0 fully saturated rings. The Morgan fingerprint density at radius 2 is 1.80 bits per heavy atom. The highest BCUT2D eigenvalue weighted by atomic mass is 19.4. The predicted octanol–water partition coefficient (Wildman–Crippen LogP) is 4.61. The van der Waals surface area contributed by atoms with Crippen LogP contribution in [0.2, 0.25) is 0 Å². The summed E-state index contributed by atoms with van der Waals surface area (Å²) >= 11 is 0. The van der Waals surface area contributed by atoms with Crippen LogP contribution in [0.1, 0.15) is 57.5 Å². The van der Waals surface area contributed by atoms with Crippen molar-refractivity contribution < 1.29 is 13.2 Å². The highest BCUT2D eigenvalue weighted by Crippen LogP contribution is 2.26. The molecule has 1 atom stereocenters. The van der Waals surface area contributed by atoms with Gasteiger partial charge in [0.1, 0.15) is 0 Å². The van der Waals surface area contributed by atoms with Crippen LogP contribution in [0.15, 0.2) is 0 Å². The molecule has 116 valence electrons. The van der Waals surface area contributed by atoms with Gasteiger partial charge in [-0.1, -0.05) is 0 Å². The fraction of sp³-hybridized carbons (Fsp3) is 0.786. The molecule has 1 rings (SSSR count). The lowest BCUT2D eigenvalue weighted by atomic mass is 10.1. The van der Waals surface area contributed by atoms with E-state index in [0.29, 0.717) is 6.42 Å². The van der Waals surface area contributed by atoms with Gasteiger partial charge in [0, 0.05) is 18.5 Å². The number of aryl methyl sites for hydroxylation is 1. The van der Waals surface area contributed by atoms with Crippen molar-refractivity contribution in [2.24, 2.45) is 0 Å². The highest BCUT2D eigenvalue weighted by Gasteiger charge is 2.26. The molecule has 0 bridgehead atoms. The van der Waals surface area contributed by atoms with Crippen molar-refractivity contribution in [3.63, 3.8) is 0 Å². The second-order valence-corrected chi connectivity index (χ2v) is 5.64.